The standard InChI is InChI=1S/C15H26O4/c1-5-7-9-11(12(13(16)17)14(18)19)15(3,4)10-8-6-2/h5-10H2,1-4H3,(H,16,17)(H,18,19). The Morgan fingerprint density at radius 3 is 1.79 bits per heavy atom. The Kier molecular flexibility index (Phi) is 7.42. The predicted octanol–water partition coefficient (Wildman–Crippen LogP) is 3.86. The fourth-order valence-corrected chi connectivity index (χ4v) is 2.27. The molecule has 2 N–H and O–H groups in total. The van der Waals surface area contributed by atoms with Gasteiger partial charge in [0.1, 0.15) is 5.57 Å². The van der Waals surface area contributed by atoms with E-state index in [9.17, 15) is 9.59 Å². The number of unbranched alkanes of at least 4 members (excludes halogenated alkanes) is 2. The summed E-state index contributed by atoms with van der Waals surface area (Å²) in [5.41, 5.74) is -0.241. The van der Waals surface area contributed by atoms with E-state index in [4.69, 9.17) is 10.2 Å². The van der Waals surface area contributed by atoms with Crippen molar-refractivity contribution in [3.8, 4) is 0 Å². The molecule has 4 nitrogen and oxygen atoms in total. The van der Waals surface area contributed by atoms with E-state index in [0.29, 0.717) is 12.0 Å². The number of carboxylic acids is 2. The van der Waals surface area contributed by atoms with Crippen LogP contribution in [0.3, 0.4) is 0 Å². The summed E-state index contributed by atoms with van der Waals surface area (Å²) in [4.78, 5) is 22.5. The van der Waals surface area contributed by atoms with Crippen LogP contribution in [0.2, 0.25) is 0 Å². The Morgan fingerprint density at radius 1 is 0.947 bits per heavy atom. The molecule has 0 radical (unpaired) electrons. The van der Waals surface area contributed by atoms with Crippen molar-refractivity contribution in [1.29, 1.82) is 0 Å². The van der Waals surface area contributed by atoms with Gasteiger partial charge in [-0.15, -0.1) is 0 Å². The van der Waals surface area contributed by atoms with E-state index in [0.717, 1.165) is 32.1 Å². The van der Waals surface area contributed by atoms with E-state index >= 15 is 0 Å². The molecule has 0 saturated heterocycles. The molecule has 0 aromatic heterocycles. The fourth-order valence-electron chi connectivity index (χ4n) is 2.27. The largest absolute Gasteiger partial charge is 0.477 e. The van der Waals surface area contributed by atoms with Crippen molar-refractivity contribution in [2.75, 3.05) is 0 Å². The molecule has 0 aliphatic rings. The van der Waals surface area contributed by atoms with Gasteiger partial charge in [-0.05, 0) is 30.3 Å². The molecular weight excluding hydrogens is 244 g/mol. The maximum absolute atomic E-state index is 11.2. The lowest BCUT2D eigenvalue weighted by atomic mass is 9.75. The highest BCUT2D eigenvalue weighted by molar-refractivity contribution is 6.13. The van der Waals surface area contributed by atoms with E-state index in [1.54, 1.807) is 0 Å². The molecule has 0 aromatic rings. The minimum Gasteiger partial charge on any atom is -0.477 e. The zero-order valence-corrected chi connectivity index (χ0v) is 12.5. The second kappa shape index (κ2) is 7.97. The number of hydrogen-bond acceptors (Lipinski definition) is 2. The van der Waals surface area contributed by atoms with Gasteiger partial charge >= 0.3 is 11.9 Å². The second-order valence-corrected chi connectivity index (χ2v) is 5.55. The van der Waals surface area contributed by atoms with E-state index in [-0.39, 0.29) is 5.41 Å². The van der Waals surface area contributed by atoms with Gasteiger partial charge in [-0.25, -0.2) is 9.59 Å². The molecule has 0 aliphatic heterocycles. The van der Waals surface area contributed by atoms with Crippen LogP contribution in [0.1, 0.15) is 66.2 Å². The Labute approximate surface area is 115 Å². The Bertz CT molecular complexity index is 337. The van der Waals surface area contributed by atoms with Crippen LogP contribution in [0.15, 0.2) is 11.1 Å². The molecular formula is C15H26O4. The van der Waals surface area contributed by atoms with Crippen LogP contribution in [0.25, 0.3) is 0 Å². The summed E-state index contributed by atoms with van der Waals surface area (Å²) in [5, 5.41) is 18.3. The molecule has 0 aliphatic carbocycles. The molecule has 0 bridgehead atoms. The van der Waals surface area contributed by atoms with Crippen molar-refractivity contribution in [3.63, 3.8) is 0 Å². The van der Waals surface area contributed by atoms with Crippen LogP contribution in [0.5, 0.6) is 0 Å². The smallest absolute Gasteiger partial charge is 0.343 e. The van der Waals surface area contributed by atoms with E-state index in [1.165, 1.54) is 0 Å². The highest BCUT2D eigenvalue weighted by atomic mass is 16.4. The van der Waals surface area contributed by atoms with Crippen molar-refractivity contribution >= 4 is 11.9 Å². The number of carbonyl (C=O) groups is 2. The van der Waals surface area contributed by atoms with Crippen LogP contribution in [0, 0.1) is 5.41 Å². The van der Waals surface area contributed by atoms with Gasteiger partial charge in [0.2, 0.25) is 0 Å². The van der Waals surface area contributed by atoms with Crippen molar-refractivity contribution in [3.05, 3.63) is 11.1 Å². The third kappa shape index (κ3) is 5.45. The van der Waals surface area contributed by atoms with Gasteiger partial charge in [0.05, 0.1) is 0 Å². The van der Waals surface area contributed by atoms with Gasteiger partial charge < -0.3 is 10.2 Å². The maximum atomic E-state index is 11.2. The first-order chi connectivity index (χ1) is 8.77. The molecule has 0 spiro atoms. The predicted molar refractivity (Wildman–Crippen MR) is 75.1 cm³/mol. The summed E-state index contributed by atoms with van der Waals surface area (Å²) >= 11 is 0. The van der Waals surface area contributed by atoms with Gasteiger partial charge in [-0.2, -0.15) is 0 Å². The minimum atomic E-state index is -1.33. The molecule has 0 heterocycles. The lowest BCUT2D eigenvalue weighted by Gasteiger charge is -2.29. The van der Waals surface area contributed by atoms with Gasteiger partial charge in [0.25, 0.3) is 0 Å². The molecule has 0 unspecified atom stereocenters. The average molecular weight is 270 g/mol. The molecule has 0 amide bonds. The van der Waals surface area contributed by atoms with Crippen LogP contribution in [-0.4, -0.2) is 22.2 Å². The average Bonchev–Trinajstić information content (AvgIpc) is 2.30. The third-order valence-electron chi connectivity index (χ3n) is 3.48. The zero-order chi connectivity index (χ0) is 15.1. The Hall–Kier alpha value is -1.32. The molecule has 0 aromatic carbocycles. The Morgan fingerprint density at radius 2 is 1.42 bits per heavy atom. The first kappa shape index (κ1) is 17.7. The number of aliphatic carboxylic acids is 2. The third-order valence-corrected chi connectivity index (χ3v) is 3.48. The molecule has 4 heteroatoms. The van der Waals surface area contributed by atoms with Crippen molar-refractivity contribution < 1.29 is 19.8 Å². The van der Waals surface area contributed by atoms with Crippen LogP contribution in [0.4, 0.5) is 0 Å². The molecule has 0 rings (SSSR count). The monoisotopic (exact) mass is 270 g/mol. The molecule has 110 valence electrons. The highest BCUT2D eigenvalue weighted by Crippen LogP contribution is 2.37. The fraction of sp³-hybridized carbons (Fsp3) is 0.733. The highest BCUT2D eigenvalue weighted by Gasteiger charge is 2.31. The summed E-state index contributed by atoms with van der Waals surface area (Å²) in [6.45, 7) is 7.97. The quantitative estimate of drug-likeness (QED) is 0.379. The van der Waals surface area contributed by atoms with Crippen molar-refractivity contribution in [1.82, 2.24) is 0 Å². The van der Waals surface area contributed by atoms with Crippen molar-refractivity contribution in [2.45, 2.75) is 66.2 Å². The molecule has 0 saturated carbocycles. The molecule has 0 atom stereocenters. The Balaban J connectivity index is 5.55. The number of allylic oxidation sites excluding steroid dienone is 1. The van der Waals surface area contributed by atoms with Crippen molar-refractivity contribution in [2.24, 2.45) is 5.41 Å². The SMILES string of the molecule is CCCCC(=C(C(=O)O)C(=O)O)C(C)(C)CCCC. The molecule has 19 heavy (non-hydrogen) atoms. The topological polar surface area (TPSA) is 74.6 Å². The number of hydrogen-bond donors (Lipinski definition) is 2. The van der Waals surface area contributed by atoms with Crippen LogP contribution < -0.4 is 0 Å². The van der Waals surface area contributed by atoms with Gasteiger partial charge in [0.15, 0.2) is 0 Å². The summed E-state index contributed by atoms with van der Waals surface area (Å²) in [7, 11) is 0. The van der Waals surface area contributed by atoms with Gasteiger partial charge in [-0.1, -0.05) is 47.0 Å². The molecule has 0 fully saturated rings. The van der Waals surface area contributed by atoms with Crippen LogP contribution >= 0.6 is 0 Å². The van der Waals surface area contributed by atoms with Crippen LogP contribution in [-0.2, 0) is 9.59 Å². The van der Waals surface area contributed by atoms with E-state index in [1.807, 2.05) is 20.8 Å². The summed E-state index contributed by atoms with van der Waals surface area (Å²) < 4.78 is 0. The lowest BCUT2D eigenvalue weighted by Crippen LogP contribution is -2.24. The van der Waals surface area contributed by atoms with E-state index < -0.39 is 17.5 Å². The number of rotatable bonds is 9. The number of carboxylic acid groups (broad SMARTS) is 2. The maximum Gasteiger partial charge on any atom is 0.343 e. The van der Waals surface area contributed by atoms with Gasteiger partial charge in [0, 0.05) is 0 Å². The first-order valence-corrected chi connectivity index (χ1v) is 6.98. The normalized spacial score (nSPS) is 11.2. The summed E-state index contributed by atoms with van der Waals surface area (Å²) in [6, 6.07) is 0. The summed E-state index contributed by atoms with van der Waals surface area (Å²) in [6.07, 6.45) is 5.07. The van der Waals surface area contributed by atoms with E-state index in [2.05, 4.69) is 6.92 Å². The zero-order valence-electron chi connectivity index (χ0n) is 12.5. The first-order valence-electron chi connectivity index (χ1n) is 6.98. The second-order valence-electron chi connectivity index (χ2n) is 5.55. The lowest BCUT2D eigenvalue weighted by molar-refractivity contribution is -0.140. The van der Waals surface area contributed by atoms with Gasteiger partial charge in [-0.3, -0.25) is 0 Å². The summed E-state index contributed by atoms with van der Waals surface area (Å²) in [5.74, 6) is -2.66. The minimum absolute atomic E-state index is 0.378.